The predicted octanol–water partition coefficient (Wildman–Crippen LogP) is 0.625. The summed E-state index contributed by atoms with van der Waals surface area (Å²) in [5, 5.41) is 1.77. The molecule has 1 heterocycles. The number of hydroxylamine groups is 2. The van der Waals surface area contributed by atoms with Crippen molar-refractivity contribution in [3.05, 3.63) is 24.2 Å². The van der Waals surface area contributed by atoms with Gasteiger partial charge in [0.1, 0.15) is 12.0 Å². The highest BCUT2D eigenvalue weighted by Gasteiger charge is 2.18. The van der Waals surface area contributed by atoms with Gasteiger partial charge in [0.15, 0.2) is 0 Å². The van der Waals surface area contributed by atoms with E-state index in [1.54, 1.807) is 18.4 Å². The van der Waals surface area contributed by atoms with Gasteiger partial charge in [-0.2, -0.15) is 0 Å². The van der Waals surface area contributed by atoms with Crippen LogP contribution >= 0.6 is 0 Å². The summed E-state index contributed by atoms with van der Waals surface area (Å²) in [4.78, 5) is 5.29. The summed E-state index contributed by atoms with van der Waals surface area (Å²) in [6, 6.07) is -0.0195. The molecule has 0 saturated carbocycles. The van der Waals surface area contributed by atoms with Crippen LogP contribution in [0.3, 0.4) is 0 Å². The fourth-order valence-electron chi connectivity index (χ4n) is 1.18. The van der Waals surface area contributed by atoms with Gasteiger partial charge >= 0.3 is 0 Å². The van der Waals surface area contributed by atoms with E-state index in [-0.39, 0.29) is 6.04 Å². The molecule has 1 aliphatic rings. The van der Waals surface area contributed by atoms with Crippen LogP contribution < -0.4 is 5.73 Å². The number of hydrogen-bond acceptors (Lipinski definition) is 4. The van der Waals surface area contributed by atoms with E-state index in [0.29, 0.717) is 13.1 Å². The van der Waals surface area contributed by atoms with Crippen LogP contribution in [0.15, 0.2) is 24.2 Å². The zero-order valence-corrected chi connectivity index (χ0v) is 8.06. The molecule has 0 radical (unpaired) electrons. The van der Waals surface area contributed by atoms with Gasteiger partial charge in [-0.25, -0.2) is 0 Å². The zero-order chi connectivity index (χ0) is 9.68. The Labute approximate surface area is 78.6 Å². The topological polar surface area (TPSA) is 47.7 Å². The first-order valence-corrected chi connectivity index (χ1v) is 4.29. The lowest BCUT2D eigenvalue weighted by molar-refractivity contribution is -0.108. The maximum atomic E-state index is 5.76. The van der Waals surface area contributed by atoms with Gasteiger partial charge in [-0.05, 0) is 13.0 Å². The highest BCUT2D eigenvalue weighted by Crippen LogP contribution is 2.09. The van der Waals surface area contributed by atoms with E-state index >= 15 is 0 Å². The normalized spacial score (nSPS) is 24.5. The molecule has 1 unspecified atom stereocenters. The minimum Gasteiger partial charge on any atom is -0.500 e. The quantitative estimate of drug-likeness (QED) is 0.653. The third kappa shape index (κ3) is 3.08. The Morgan fingerprint density at radius 1 is 1.69 bits per heavy atom. The second kappa shape index (κ2) is 4.89. The van der Waals surface area contributed by atoms with Crippen LogP contribution in [0.1, 0.15) is 6.92 Å². The minimum atomic E-state index is -0.0195. The molecule has 0 aliphatic carbocycles. The molecule has 74 valence electrons. The summed E-state index contributed by atoms with van der Waals surface area (Å²) >= 11 is 0. The third-order valence-corrected chi connectivity index (χ3v) is 1.75. The first kappa shape index (κ1) is 10.1. The summed E-state index contributed by atoms with van der Waals surface area (Å²) in [5.41, 5.74) is 5.76. The average molecular weight is 184 g/mol. The summed E-state index contributed by atoms with van der Waals surface area (Å²) in [7, 11) is 1.64. The second-order valence-corrected chi connectivity index (χ2v) is 2.90. The molecule has 13 heavy (non-hydrogen) atoms. The molecule has 0 spiro atoms. The number of ether oxygens (including phenoxy) is 1. The van der Waals surface area contributed by atoms with Gasteiger partial charge in [0, 0.05) is 6.04 Å². The molecule has 4 heteroatoms. The van der Waals surface area contributed by atoms with Gasteiger partial charge < -0.3 is 15.3 Å². The molecule has 0 saturated heterocycles. The van der Waals surface area contributed by atoms with Crippen LogP contribution in [-0.4, -0.2) is 31.3 Å². The fourth-order valence-corrected chi connectivity index (χ4v) is 1.18. The van der Waals surface area contributed by atoms with Crippen molar-refractivity contribution in [3.8, 4) is 0 Å². The van der Waals surface area contributed by atoms with Crippen LogP contribution in [0, 0.1) is 0 Å². The Hall–Kier alpha value is -1.00. The van der Waals surface area contributed by atoms with Crippen LogP contribution in [-0.2, 0) is 9.57 Å². The van der Waals surface area contributed by atoms with Crippen molar-refractivity contribution in [3.63, 3.8) is 0 Å². The highest BCUT2D eigenvalue weighted by molar-refractivity contribution is 5.05. The molecular weight excluding hydrogens is 168 g/mol. The molecule has 1 atom stereocenters. The standard InChI is InChI=1S/C9H16N2O2/c1-3-4-13-11-6-8(10)5-9(7-11)12-2/h3-5,8H,6-7,10H2,1-2H3/b4-3+. The molecule has 0 bridgehead atoms. The largest absolute Gasteiger partial charge is 0.500 e. The smallest absolute Gasteiger partial charge is 0.111 e. The van der Waals surface area contributed by atoms with E-state index in [4.69, 9.17) is 15.3 Å². The lowest BCUT2D eigenvalue weighted by Gasteiger charge is -2.27. The molecule has 0 amide bonds. The summed E-state index contributed by atoms with van der Waals surface area (Å²) in [6.07, 6.45) is 5.37. The molecule has 1 rings (SSSR count). The van der Waals surface area contributed by atoms with E-state index in [9.17, 15) is 0 Å². The van der Waals surface area contributed by atoms with Crippen LogP contribution in [0.2, 0.25) is 0 Å². The van der Waals surface area contributed by atoms with Gasteiger partial charge in [-0.3, -0.25) is 0 Å². The van der Waals surface area contributed by atoms with Crippen LogP contribution in [0.5, 0.6) is 0 Å². The third-order valence-electron chi connectivity index (χ3n) is 1.75. The first-order valence-electron chi connectivity index (χ1n) is 4.29. The molecule has 1 aliphatic heterocycles. The SMILES string of the molecule is C/C=C/ON1CC(OC)=CC(N)C1. The van der Waals surface area contributed by atoms with E-state index in [0.717, 1.165) is 5.76 Å². The van der Waals surface area contributed by atoms with Gasteiger partial charge in [0.05, 0.1) is 20.2 Å². The van der Waals surface area contributed by atoms with Gasteiger partial charge in [-0.15, -0.1) is 5.06 Å². The Kier molecular flexibility index (Phi) is 3.79. The van der Waals surface area contributed by atoms with Crippen molar-refractivity contribution in [2.45, 2.75) is 13.0 Å². The van der Waals surface area contributed by atoms with Gasteiger partial charge in [0.2, 0.25) is 0 Å². The molecule has 0 aromatic rings. The van der Waals surface area contributed by atoms with Crippen LogP contribution in [0.4, 0.5) is 0 Å². The fraction of sp³-hybridized carbons (Fsp3) is 0.556. The molecule has 0 aromatic heterocycles. The Balaban J connectivity index is 2.48. The van der Waals surface area contributed by atoms with E-state index < -0.39 is 0 Å². The molecular formula is C9H16N2O2. The van der Waals surface area contributed by atoms with Crippen molar-refractivity contribution >= 4 is 0 Å². The van der Waals surface area contributed by atoms with Crippen molar-refractivity contribution < 1.29 is 9.57 Å². The first-order chi connectivity index (χ1) is 6.26. The Morgan fingerprint density at radius 2 is 2.46 bits per heavy atom. The van der Waals surface area contributed by atoms with Crippen molar-refractivity contribution in [1.29, 1.82) is 0 Å². The monoisotopic (exact) mass is 184 g/mol. The number of nitrogens with zero attached hydrogens (tertiary/aromatic N) is 1. The van der Waals surface area contributed by atoms with Crippen LogP contribution in [0.25, 0.3) is 0 Å². The van der Waals surface area contributed by atoms with Crippen molar-refractivity contribution in [2.75, 3.05) is 20.2 Å². The molecule has 0 aromatic carbocycles. The minimum absolute atomic E-state index is 0.0195. The Morgan fingerprint density at radius 3 is 3.08 bits per heavy atom. The summed E-state index contributed by atoms with van der Waals surface area (Å²) < 4.78 is 5.11. The van der Waals surface area contributed by atoms with E-state index in [2.05, 4.69) is 0 Å². The van der Waals surface area contributed by atoms with Crippen molar-refractivity contribution in [1.82, 2.24) is 5.06 Å². The highest BCUT2D eigenvalue weighted by atomic mass is 16.7. The summed E-state index contributed by atoms with van der Waals surface area (Å²) in [5.74, 6) is 0.850. The maximum absolute atomic E-state index is 5.76. The van der Waals surface area contributed by atoms with E-state index in [1.807, 2.05) is 19.1 Å². The number of methoxy groups -OCH3 is 1. The molecule has 4 nitrogen and oxygen atoms in total. The number of hydrogen-bond donors (Lipinski definition) is 1. The lowest BCUT2D eigenvalue weighted by atomic mass is 10.2. The number of rotatable bonds is 3. The summed E-state index contributed by atoms with van der Waals surface area (Å²) in [6.45, 7) is 3.24. The molecule has 2 N–H and O–H groups in total. The predicted molar refractivity (Wildman–Crippen MR) is 50.5 cm³/mol. The van der Waals surface area contributed by atoms with E-state index in [1.165, 1.54) is 0 Å². The van der Waals surface area contributed by atoms with Crippen molar-refractivity contribution in [2.24, 2.45) is 5.73 Å². The lowest BCUT2D eigenvalue weighted by Crippen LogP contribution is -2.41. The number of allylic oxidation sites excluding steroid dienone is 1. The maximum Gasteiger partial charge on any atom is 0.111 e. The van der Waals surface area contributed by atoms with Gasteiger partial charge in [-0.1, -0.05) is 6.08 Å². The number of nitrogens with two attached hydrogens (primary N) is 1. The second-order valence-electron chi connectivity index (χ2n) is 2.90. The Bertz CT molecular complexity index is 214. The zero-order valence-electron chi connectivity index (χ0n) is 8.06. The average Bonchev–Trinajstić information content (AvgIpc) is 2.14. The van der Waals surface area contributed by atoms with Gasteiger partial charge in [0.25, 0.3) is 0 Å². The molecule has 0 fully saturated rings.